The molecule has 0 saturated carbocycles. The van der Waals surface area contributed by atoms with Gasteiger partial charge in [-0.1, -0.05) is 54.6 Å². The highest BCUT2D eigenvalue weighted by atomic mass is 16.1. The first-order valence-corrected chi connectivity index (χ1v) is 9.35. The molecule has 0 amide bonds. The maximum atomic E-state index is 13.2. The zero-order chi connectivity index (χ0) is 18.4. The fourth-order valence-electron chi connectivity index (χ4n) is 4.38. The molecule has 1 saturated heterocycles. The number of benzene rings is 3. The van der Waals surface area contributed by atoms with Crippen LogP contribution in [0.15, 0.2) is 60.7 Å². The summed E-state index contributed by atoms with van der Waals surface area (Å²) in [6.45, 7) is 1.87. The lowest BCUT2D eigenvalue weighted by molar-refractivity contribution is 0.104. The zero-order valence-corrected chi connectivity index (χ0v) is 14.9. The molecular formula is C24H18N2O. The molecule has 1 aliphatic carbocycles. The van der Waals surface area contributed by atoms with Gasteiger partial charge in [-0.15, -0.1) is 0 Å². The molecule has 2 aliphatic rings. The molecule has 3 aromatic rings. The predicted molar refractivity (Wildman–Crippen MR) is 107 cm³/mol. The average Bonchev–Trinajstić information content (AvgIpc) is 3.36. The number of ketones is 1. The van der Waals surface area contributed by atoms with Crippen molar-refractivity contribution in [2.45, 2.75) is 12.8 Å². The van der Waals surface area contributed by atoms with Crippen molar-refractivity contribution in [3.05, 3.63) is 77.4 Å². The Kier molecular flexibility index (Phi) is 3.58. The molecule has 1 fully saturated rings. The minimum Gasteiger partial charge on any atom is -0.370 e. The first kappa shape index (κ1) is 15.8. The normalized spacial score (nSPS) is 14.8. The van der Waals surface area contributed by atoms with E-state index in [0.29, 0.717) is 16.7 Å². The molecule has 5 rings (SSSR count). The van der Waals surface area contributed by atoms with E-state index in [4.69, 9.17) is 0 Å². The molecule has 1 heterocycles. The molecule has 0 unspecified atom stereocenters. The van der Waals surface area contributed by atoms with Crippen molar-refractivity contribution in [3.8, 4) is 28.3 Å². The third-order valence-electron chi connectivity index (χ3n) is 5.62. The quantitative estimate of drug-likeness (QED) is 0.509. The highest BCUT2D eigenvalue weighted by molar-refractivity contribution is 6.25. The van der Waals surface area contributed by atoms with Crippen molar-refractivity contribution >= 4 is 11.5 Å². The molecule has 3 heteroatoms. The second-order valence-electron chi connectivity index (χ2n) is 7.11. The Hall–Kier alpha value is -3.38. The molecule has 27 heavy (non-hydrogen) atoms. The van der Waals surface area contributed by atoms with Gasteiger partial charge in [-0.3, -0.25) is 4.79 Å². The lowest BCUT2D eigenvalue weighted by Crippen LogP contribution is -2.20. The van der Waals surface area contributed by atoms with Gasteiger partial charge in [-0.25, -0.2) is 0 Å². The van der Waals surface area contributed by atoms with E-state index in [0.717, 1.165) is 53.9 Å². The summed E-state index contributed by atoms with van der Waals surface area (Å²) in [5.41, 5.74) is 6.62. The molecule has 0 radical (unpaired) electrons. The van der Waals surface area contributed by atoms with Crippen LogP contribution in [0.25, 0.3) is 22.3 Å². The molecular weight excluding hydrogens is 332 g/mol. The highest BCUT2D eigenvalue weighted by Gasteiger charge is 2.34. The highest BCUT2D eigenvalue weighted by Crippen LogP contribution is 2.47. The monoisotopic (exact) mass is 350 g/mol. The van der Waals surface area contributed by atoms with Gasteiger partial charge in [-0.2, -0.15) is 5.26 Å². The van der Waals surface area contributed by atoms with Crippen LogP contribution in [0, 0.1) is 11.3 Å². The minimum absolute atomic E-state index is 0.0321. The largest absolute Gasteiger partial charge is 0.370 e. The van der Waals surface area contributed by atoms with Crippen LogP contribution < -0.4 is 4.90 Å². The van der Waals surface area contributed by atoms with Crippen molar-refractivity contribution in [1.29, 1.82) is 5.26 Å². The van der Waals surface area contributed by atoms with Gasteiger partial charge < -0.3 is 4.90 Å². The van der Waals surface area contributed by atoms with E-state index in [9.17, 15) is 10.1 Å². The van der Waals surface area contributed by atoms with Crippen LogP contribution in [0.2, 0.25) is 0 Å². The topological polar surface area (TPSA) is 44.1 Å². The minimum atomic E-state index is -0.0321. The van der Waals surface area contributed by atoms with Gasteiger partial charge in [0.15, 0.2) is 5.78 Å². The summed E-state index contributed by atoms with van der Waals surface area (Å²) in [5.74, 6) is -0.0321. The van der Waals surface area contributed by atoms with Crippen molar-refractivity contribution < 1.29 is 4.79 Å². The number of anilines is 1. The van der Waals surface area contributed by atoms with Crippen molar-refractivity contribution in [2.24, 2.45) is 0 Å². The molecule has 0 atom stereocenters. The number of nitrogens with zero attached hydrogens (tertiary/aromatic N) is 2. The lowest BCUT2D eigenvalue weighted by Gasteiger charge is -2.23. The Morgan fingerprint density at radius 1 is 0.815 bits per heavy atom. The van der Waals surface area contributed by atoms with Gasteiger partial charge in [0.2, 0.25) is 0 Å². The van der Waals surface area contributed by atoms with E-state index in [1.54, 1.807) is 0 Å². The Bertz CT molecular complexity index is 1100. The zero-order valence-electron chi connectivity index (χ0n) is 14.9. The van der Waals surface area contributed by atoms with Crippen LogP contribution in [0.5, 0.6) is 0 Å². The number of carbonyl (C=O) groups is 1. The van der Waals surface area contributed by atoms with Crippen molar-refractivity contribution in [1.82, 2.24) is 0 Å². The van der Waals surface area contributed by atoms with Gasteiger partial charge in [0, 0.05) is 24.2 Å². The Labute approximate surface area is 158 Å². The van der Waals surface area contributed by atoms with Gasteiger partial charge >= 0.3 is 0 Å². The number of carbonyl (C=O) groups excluding carboxylic acids is 1. The predicted octanol–water partition coefficient (Wildman–Crippen LogP) is 5.04. The second kappa shape index (κ2) is 6.10. The number of fused-ring (bicyclic) bond motifs is 3. The number of hydrogen-bond donors (Lipinski definition) is 0. The van der Waals surface area contributed by atoms with E-state index in [1.807, 2.05) is 42.5 Å². The summed E-state index contributed by atoms with van der Waals surface area (Å²) in [6, 6.07) is 22.3. The summed E-state index contributed by atoms with van der Waals surface area (Å²) >= 11 is 0. The molecule has 0 spiro atoms. The van der Waals surface area contributed by atoms with Gasteiger partial charge in [-0.05, 0) is 35.6 Å². The van der Waals surface area contributed by atoms with Crippen LogP contribution in [-0.2, 0) is 0 Å². The molecule has 0 N–H and O–H groups in total. The van der Waals surface area contributed by atoms with E-state index in [-0.39, 0.29) is 5.78 Å². The SMILES string of the molecule is N#Cc1c(N2CCCC2)cc(-c2ccccc2)c2c1C(=O)c1ccccc1-2. The Morgan fingerprint density at radius 2 is 1.48 bits per heavy atom. The number of hydrogen-bond acceptors (Lipinski definition) is 3. The van der Waals surface area contributed by atoms with E-state index in [2.05, 4.69) is 29.2 Å². The summed E-state index contributed by atoms with van der Waals surface area (Å²) in [6.07, 6.45) is 2.24. The van der Waals surface area contributed by atoms with E-state index < -0.39 is 0 Å². The van der Waals surface area contributed by atoms with Gasteiger partial charge in [0.1, 0.15) is 6.07 Å². The Morgan fingerprint density at radius 3 is 2.19 bits per heavy atom. The van der Waals surface area contributed by atoms with Crippen LogP contribution in [-0.4, -0.2) is 18.9 Å². The van der Waals surface area contributed by atoms with Gasteiger partial charge in [0.25, 0.3) is 0 Å². The second-order valence-corrected chi connectivity index (χ2v) is 7.11. The smallest absolute Gasteiger partial charge is 0.195 e. The number of rotatable bonds is 2. The summed E-state index contributed by atoms with van der Waals surface area (Å²) in [5, 5.41) is 9.97. The first-order valence-electron chi connectivity index (χ1n) is 9.35. The Balaban J connectivity index is 1.88. The maximum Gasteiger partial charge on any atom is 0.195 e. The molecule has 3 aromatic carbocycles. The third-order valence-corrected chi connectivity index (χ3v) is 5.62. The molecule has 130 valence electrons. The summed E-state index contributed by atoms with van der Waals surface area (Å²) in [7, 11) is 0. The van der Waals surface area contributed by atoms with E-state index in [1.165, 1.54) is 0 Å². The average molecular weight is 350 g/mol. The third kappa shape index (κ3) is 2.30. The molecule has 3 nitrogen and oxygen atoms in total. The summed E-state index contributed by atoms with van der Waals surface area (Å²) in [4.78, 5) is 15.5. The van der Waals surface area contributed by atoms with Crippen LogP contribution >= 0.6 is 0 Å². The maximum absolute atomic E-state index is 13.2. The van der Waals surface area contributed by atoms with Crippen LogP contribution in [0.4, 0.5) is 5.69 Å². The van der Waals surface area contributed by atoms with E-state index >= 15 is 0 Å². The lowest BCUT2D eigenvalue weighted by atomic mass is 9.90. The fourth-order valence-corrected chi connectivity index (χ4v) is 4.38. The first-order chi connectivity index (χ1) is 13.3. The number of nitriles is 1. The van der Waals surface area contributed by atoms with Gasteiger partial charge in [0.05, 0.1) is 16.8 Å². The standard InChI is InChI=1S/C24H18N2O/c25-15-20-21(26-12-6-7-13-26)14-19(16-8-2-1-3-9-16)22-17-10-4-5-11-18(17)24(27)23(20)22/h1-5,8-11,14H,6-7,12-13H2. The molecule has 0 aromatic heterocycles. The fraction of sp³-hybridized carbons (Fsp3) is 0.167. The van der Waals surface area contributed by atoms with Crippen molar-refractivity contribution in [3.63, 3.8) is 0 Å². The summed E-state index contributed by atoms with van der Waals surface area (Å²) < 4.78 is 0. The van der Waals surface area contributed by atoms with Crippen LogP contribution in [0.3, 0.4) is 0 Å². The van der Waals surface area contributed by atoms with Crippen LogP contribution in [0.1, 0.15) is 34.3 Å². The van der Waals surface area contributed by atoms with Crippen molar-refractivity contribution in [2.75, 3.05) is 18.0 Å². The molecule has 1 aliphatic heterocycles. The molecule has 0 bridgehead atoms.